The van der Waals surface area contributed by atoms with Gasteiger partial charge in [0.25, 0.3) is 11.8 Å². The van der Waals surface area contributed by atoms with E-state index in [2.05, 4.69) is 25.1 Å². The number of nitrogens with one attached hydrogen (secondary N) is 2. The number of hydrogen-bond acceptors (Lipinski definition) is 13. The molecule has 1 aromatic heterocycles. The van der Waals surface area contributed by atoms with Crippen molar-refractivity contribution in [2.75, 3.05) is 24.6 Å². The number of aromatic nitrogens is 2. The second kappa shape index (κ2) is 9.73. The molecule has 7 N–H and O–H groups in total. The molecule has 0 saturated carbocycles. The Balaban J connectivity index is 1.32. The molecule has 4 aliphatic rings. The summed E-state index contributed by atoms with van der Waals surface area (Å²) < 4.78 is 3.81. The van der Waals surface area contributed by atoms with Gasteiger partial charge in [-0.3, -0.25) is 24.6 Å². The van der Waals surface area contributed by atoms with Crippen LogP contribution in [0.4, 0.5) is 5.13 Å². The molecule has 0 bridgehead atoms. The summed E-state index contributed by atoms with van der Waals surface area (Å²) in [5.41, 5.74) is 5.47. The third kappa shape index (κ3) is 4.43. The highest BCUT2D eigenvalue weighted by atomic mass is 32.2. The fourth-order valence-electron chi connectivity index (χ4n) is 4.75. The Morgan fingerprint density at radius 2 is 2.11 bits per heavy atom. The van der Waals surface area contributed by atoms with Crippen LogP contribution in [-0.4, -0.2) is 107 Å². The molecule has 3 amide bonds. The smallest absolute Gasteiger partial charge is 0.352 e. The molecule has 0 radical (unpaired) electrons. The van der Waals surface area contributed by atoms with Gasteiger partial charge in [-0.1, -0.05) is 5.16 Å². The fourth-order valence-corrected chi connectivity index (χ4v) is 6.49. The molecule has 17 heteroatoms. The van der Waals surface area contributed by atoms with Crippen LogP contribution < -0.4 is 16.4 Å². The number of amides is 3. The summed E-state index contributed by atoms with van der Waals surface area (Å²) in [6.45, 7) is 0.935. The van der Waals surface area contributed by atoms with Crippen LogP contribution in [-0.2, 0) is 19.2 Å². The summed E-state index contributed by atoms with van der Waals surface area (Å²) in [7, 11) is 0. The van der Waals surface area contributed by atoms with Gasteiger partial charge in [0.05, 0.1) is 0 Å². The van der Waals surface area contributed by atoms with E-state index in [1.54, 1.807) is 4.90 Å². The first kappa shape index (κ1) is 25.1. The molecule has 0 aliphatic carbocycles. The topological polar surface area (TPSA) is 224 Å². The van der Waals surface area contributed by atoms with Gasteiger partial charge in [0, 0.05) is 48.4 Å². The first-order valence-electron chi connectivity index (χ1n) is 11.2. The normalized spacial score (nSPS) is 29.1. The number of hydrogen-bond donors (Lipinski definition) is 6. The number of rotatable bonds is 6. The van der Waals surface area contributed by atoms with Crippen LogP contribution in [0.3, 0.4) is 0 Å². The van der Waals surface area contributed by atoms with E-state index in [4.69, 9.17) is 5.73 Å². The number of nitrogen functional groups attached to an aromatic ring is 1. The molecular weight excluding hydrogens is 528 g/mol. The number of carboxylic acids is 1. The van der Waals surface area contributed by atoms with Crippen LogP contribution >= 0.6 is 23.3 Å². The molecule has 1 aromatic rings. The van der Waals surface area contributed by atoms with Crippen molar-refractivity contribution in [1.82, 2.24) is 29.8 Å². The van der Waals surface area contributed by atoms with E-state index in [0.717, 1.165) is 16.4 Å². The third-order valence-electron chi connectivity index (χ3n) is 6.49. The zero-order valence-corrected chi connectivity index (χ0v) is 20.7. The zero-order valence-electron chi connectivity index (χ0n) is 19.0. The number of carbonyl (C=O) groups is 4. The summed E-state index contributed by atoms with van der Waals surface area (Å²) in [6, 6.07) is -1.21. The lowest BCUT2D eigenvalue weighted by Gasteiger charge is -2.49. The summed E-state index contributed by atoms with van der Waals surface area (Å²) in [5.74, 6) is -3.16. The number of aliphatic hydroxyl groups excluding tert-OH is 1. The lowest BCUT2D eigenvalue weighted by Crippen LogP contribution is -2.71. The number of anilines is 1. The molecule has 3 saturated heterocycles. The van der Waals surface area contributed by atoms with Crippen LogP contribution in [0.5, 0.6) is 0 Å². The molecule has 4 atom stereocenters. The van der Waals surface area contributed by atoms with E-state index in [1.807, 2.05) is 0 Å². The summed E-state index contributed by atoms with van der Waals surface area (Å²) in [6.07, 6.45) is 1.70. The van der Waals surface area contributed by atoms with Gasteiger partial charge in [-0.15, -0.1) is 11.8 Å². The maximum Gasteiger partial charge on any atom is 0.352 e. The number of allylic oxidation sites excluding steroid dienone is 1. The highest BCUT2D eigenvalue weighted by Crippen LogP contribution is 2.41. The summed E-state index contributed by atoms with van der Waals surface area (Å²) >= 11 is 2.03. The monoisotopic (exact) mass is 550 g/mol. The van der Waals surface area contributed by atoms with E-state index in [9.17, 15) is 34.6 Å². The molecule has 0 spiro atoms. The Hall–Kier alpha value is -3.54. The molecule has 4 aliphatic heterocycles. The highest BCUT2D eigenvalue weighted by Gasteiger charge is 2.54. The molecule has 15 nitrogen and oxygen atoms in total. The van der Waals surface area contributed by atoms with Crippen LogP contribution in [0, 0.1) is 0 Å². The number of nitrogens with two attached hydrogens (primary N) is 1. The van der Waals surface area contributed by atoms with Gasteiger partial charge >= 0.3 is 5.97 Å². The minimum absolute atomic E-state index is 0.0527. The standard InChI is InChI=1S/C20H22N8O7S2/c21-20-24-14(26-37-20)11(25-35)15(30)23-12-17(32)28-13(19(33)34)8(6-36-18(12)28)3-7-1-2-27(16(7)31)9-4-10(29)22-5-9/h3,9-10,12,18,22,29,35H,1-2,4-6H2,(H,23,30)(H,33,34)(H2,21,24,26)/b7-3+,25-11-/t9-,10?,12-,18-/m1/s1. The van der Waals surface area contributed by atoms with Crippen LogP contribution in [0.1, 0.15) is 18.7 Å². The van der Waals surface area contributed by atoms with Gasteiger partial charge < -0.3 is 31.4 Å². The number of carboxylic acid groups (broad SMARTS) is 1. The van der Waals surface area contributed by atoms with Crippen molar-refractivity contribution in [3.8, 4) is 0 Å². The van der Waals surface area contributed by atoms with E-state index < -0.39 is 41.1 Å². The SMILES string of the molecule is Nc1nc(/C(=N/O)C(=O)N[C@@H]2C(=O)N3C(C(=O)O)=C(/C=C4\CCN([C@H]5CNC(O)C5)C4=O)CS[C@H]23)ns1. The molecule has 5 heterocycles. The van der Waals surface area contributed by atoms with Crippen LogP contribution in [0.15, 0.2) is 28.1 Å². The van der Waals surface area contributed by atoms with E-state index >= 15 is 0 Å². The minimum Gasteiger partial charge on any atom is -0.477 e. The lowest BCUT2D eigenvalue weighted by molar-refractivity contribution is -0.150. The zero-order chi connectivity index (χ0) is 26.4. The van der Waals surface area contributed by atoms with Gasteiger partial charge in [-0.2, -0.15) is 9.36 Å². The number of oxime groups is 1. The largest absolute Gasteiger partial charge is 0.477 e. The third-order valence-corrected chi connectivity index (χ3v) is 8.33. The Morgan fingerprint density at radius 3 is 2.73 bits per heavy atom. The number of aliphatic hydroxyl groups is 1. The van der Waals surface area contributed by atoms with Crippen molar-refractivity contribution in [3.05, 3.63) is 28.7 Å². The maximum absolute atomic E-state index is 13.0. The molecule has 196 valence electrons. The Bertz CT molecular complexity index is 1280. The van der Waals surface area contributed by atoms with E-state index in [0.29, 0.717) is 37.1 Å². The number of aliphatic carboxylic acids is 1. The van der Waals surface area contributed by atoms with Gasteiger partial charge in [-0.25, -0.2) is 4.79 Å². The van der Waals surface area contributed by atoms with Crippen molar-refractivity contribution in [1.29, 1.82) is 0 Å². The van der Waals surface area contributed by atoms with Crippen LogP contribution in [0.25, 0.3) is 0 Å². The van der Waals surface area contributed by atoms with Gasteiger partial charge in [0.15, 0.2) is 5.13 Å². The molecule has 1 unspecified atom stereocenters. The minimum atomic E-state index is -1.33. The Labute approximate surface area is 217 Å². The number of fused-ring (bicyclic) bond motifs is 1. The first-order chi connectivity index (χ1) is 17.7. The van der Waals surface area contributed by atoms with Crippen molar-refractivity contribution in [2.24, 2.45) is 5.16 Å². The van der Waals surface area contributed by atoms with Gasteiger partial charge in [0.1, 0.15) is 23.3 Å². The number of thioether (sulfide) groups is 1. The number of β-lactam (4-membered cyclic amide) rings is 1. The Morgan fingerprint density at radius 1 is 1.32 bits per heavy atom. The highest BCUT2D eigenvalue weighted by molar-refractivity contribution is 8.00. The predicted octanol–water partition coefficient (Wildman–Crippen LogP) is -2.12. The van der Waals surface area contributed by atoms with E-state index in [-0.39, 0.29) is 34.4 Å². The number of nitrogens with zero attached hydrogens (tertiary/aromatic N) is 5. The fraction of sp³-hybridized carbons (Fsp3) is 0.450. The number of carbonyl (C=O) groups excluding carboxylic acids is 3. The van der Waals surface area contributed by atoms with Crippen molar-refractivity contribution in [3.63, 3.8) is 0 Å². The lowest BCUT2D eigenvalue weighted by atomic mass is 10.0. The van der Waals surface area contributed by atoms with Crippen molar-refractivity contribution in [2.45, 2.75) is 36.5 Å². The molecule has 5 rings (SSSR count). The second-order valence-electron chi connectivity index (χ2n) is 8.68. The first-order valence-corrected chi connectivity index (χ1v) is 13.0. The average molecular weight is 551 g/mol. The van der Waals surface area contributed by atoms with Crippen LogP contribution in [0.2, 0.25) is 0 Å². The predicted molar refractivity (Wildman–Crippen MR) is 129 cm³/mol. The molecule has 3 fully saturated rings. The second-order valence-corrected chi connectivity index (χ2v) is 10.6. The average Bonchev–Trinajstić information content (AvgIpc) is 3.58. The summed E-state index contributed by atoms with van der Waals surface area (Å²) in [5, 5.41) is 36.4. The maximum atomic E-state index is 13.0. The molecule has 0 aromatic carbocycles. The van der Waals surface area contributed by atoms with Crippen molar-refractivity contribution < 1.29 is 34.6 Å². The molecular formula is C20H22N8O7S2. The van der Waals surface area contributed by atoms with Gasteiger partial charge in [-0.05, 0) is 18.1 Å². The number of likely N-dealkylation sites (tertiary alicyclic amines) is 1. The Kier molecular flexibility index (Phi) is 6.61. The van der Waals surface area contributed by atoms with E-state index in [1.165, 1.54) is 17.8 Å². The molecule has 37 heavy (non-hydrogen) atoms. The van der Waals surface area contributed by atoms with Crippen molar-refractivity contribution >= 4 is 57.8 Å². The quantitative estimate of drug-likeness (QED) is 0.0735. The van der Waals surface area contributed by atoms with Gasteiger partial charge in [0.2, 0.25) is 17.4 Å². The summed E-state index contributed by atoms with van der Waals surface area (Å²) in [4.78, 5) is 57.2.